The van der Waals surface area contributed by atoms with Gasteiger partial charge in [-0.1, -0.05) is 0 Å². The average Bonchev–Trinajstić information content (AvgIpc) is 2.60. The van der Waals surface area contributed by atoms with Gasteiger partial charge in [-0.25, -0.2) is 0 Å². The van der Waals surface area contributed by atoms with Crippen LogP contribution in [0.4, 0.5) is 0 Å². The predicted molar refractivity (Wildman–Crippen MR) is 103 cm³/mol. The first-order valence-corrected chi connectivity index (χ1v) is 9.13. The van der Waals surface area contributed by atoms with Crippen molar-refractivity contribution < 1.29 is 5.11 Å². The molecular weight excluding hydrogens is 361 g/mol. The molecule has 0 saturated carbocycles. The third-order valence-corrected chi connectivity index (χ3v) is 5.24. The summed E-state index contributed by atoms with van der Waals surface area (Å²) in [6.07, 6.45) is 2.20. The molecule has 0 spiro atoms. The van der Waals surface area contributed by atoms with Gasteiger partial charge in [0.25, 0.3) is 0 Å². The third kappa shape index (κ3) is 5.45. The van der Waals surface area contributed by atoms with E-state index in [2.05, 4.69) is 75.6 Å². The minimum absolute atomic E-state index is 0.0370. The SMILES string of the molecule is C=CC[C@H](C(=[Se])N(Cc1ccccc1)Cc1ccccc1)[C@@H](C)O. The number of rotatable bonds is 9. The minimum atomic E-state index is -0.423. The summed E-state index contributed by atoms with van der Waals surface area (Å²) in [6, 6.07) is 20.8. The predicted octanol–water partition coefficient (Wildman–Crippen LogP) is 3.56. The van der Waals surface area contributed by atoms with Crippen LogP contribution in [0.25, 0.3) is 0 Å². The first kappa shape index (κ1) is 18.7. The van der Waals surface area contributed by atoms with Gasteiger partial charge in [0, 0.05) is 0 Å². The van der Waals surface area contributed by atoms with Gasteiger partial charge in [-0.2, -0.15) is 0 Å². The molecule has 0 bridgehead atoms. The molecule has 1 N–H and O–H groups in total. The third-order valence-electron chi connectivity index (χ3n) is 4.06. The number of nitrogens with zero attached hydrogens (tertiary/aromatic N) is 1. The molecule has 2 aromatic carbocycles. The molecule has 0 amide bonds. The number of aliphatic hydroxyl groups is 1. The van der Waals surface area contributed by atoms with E-state index in [4.69, 9.17) is 0 Å². The Labute approximate surface area is 153 Å². The molecule has 0 aliphatic carbocycles. The molecule has 0 aliphatic heterocycles. The van der Waals surface area contributed by atoms with E-state index in [1.54, 1.807) is 0 Å². The van der Waals surface area contributed by atoms with Crippen LogP contribution in [0, 0.1) is 5.92 Å². The molecule has 0 aliphatic rings. The number of hydrogen-bond acceptors (Lipinski definition) is 2. The average molecular weight is 386 g/mol. The maximum absolute atomic E-state index is 10.2. The van der Waals surface area contributed by atoms with Crippen LogP contribution < -0.4 is 0 Å². The Morgan fingerprint density at radius 2 is 1.50 bits per heavy atom. The van der Waals surface area contributed by atoms with Crippen molar-refractivity contribution in [3.8, 4) is 0 Å². The molecule has 0 heterocycles. The molecule has 3 heteroatoms. The number of aliphatic hydroxyl groups excluding tert-OH is 1. The summed E-state index contributed by atoms with van der Waals surface area (Å²) in [7, 11) is 0. The summed E-state index contributed by atoms with van der Waals surface area (Å²) >= 11 is 3.22. The summed E-state index contributed by atoms with van der Waals surface area (Å²) in [5, 5.41) is 10.2. The Morgan fingerprint density at radius 3 is 1.88 bits per heavy atom. The Morgan fingerprint density at radius 1 is 1.04 bits per heavy atom. The standard InChI is InChI=1S/C21H25NOSe/c1-3-10-20(17(2)23)21(24)22(15-18-11-6-4-7-12-18)16-19-13-8-5-9-14-19/h3-9,11-14,17,20,23H,1,10,15-16H2,2H3/t17-,20+/m1/s1. The molecule has 0 aromatic heterocycles. The summed E-state index contributed by atoms with van der Waals surface area (Å²) in [5.74, 6) is 0.0370. The zero-order chi connectivity index (χ0) is 17.4. The summed E-state index contributed by atoms with van der Waals surface area (Å²) in [6.45, 7) is 7.29. The summed E-state index contributed by atoms with van der Waals surface area (Å²) in [5.41, 5.74) is 2.51. The fraction of sp³-hybridized carbons (Fsp3) is 0.286. The Hall–Kier alpha value is -1.67. The Bertz CT molecular complexity index is 598. The van der Waals surface area contributed by atoms with Crippen molar-refractivity contribution in [2.75, 3.05) is 0 Å². The molecule has 0 fully saturated rings. The molecule has 0 saturated heterocycles. The molecule has 2 rings (SSSR count). The molecule has 126 valence electrons. The van der Waals surface area contributed by atoms with Gasteiger partial charge >= 0.3 is 153 Å². The van der Waals surface area contributed by atoms with E-state index in [-0.39, 0.29) is 5.92 Å². The maximum atomic E-state index is 10.2. The quantitative estimate of drug-likeness (QED) is 0.526. The van der Waals surface area contributed by atoms with Gasteiger partial charge in [0.2, 0.25) is 0 Å². The van der Waals surface area contributed by atoms with Gasteiger partial charge in [0.15, 0.2) is 0 Å². The van der Waals surface area contributed by atoms with E-state index in [9.17, 15) is 5.11 Å². The van der Waals surface area contributed by atoms with Gasteiger partial charge in [-0.05, 0) is 0 Å². The van der Waals surface area contributed by atoms with Crippen molar-refractivity contribution in [2.24, 2.45) is 5.92 Å². The molecule has 2 nitrogen and oxygen atoms in total. The van der Waals surface area contributed by atoms with Crippen molar-refractivity contribution >= 4 is 20.1 Å². The zero-order valence-corrected chi connectivity index (χ0v) is 15.8. The van der Waals surface area contributed by atoms with E-state index in [0.29, 0.717) is 0 Å². The second kappa shape index (κ2) is 9.58. The monoisotopic (exact) mass is 387 g/mol. The topological polar surface area (TPSA) is 23.5 Å². The van der Waals surface area contributed by atoms with Gasteiger partial charge in [0.1, 0.15) is 0 Å². The van der Waals surface area contributed by atoms with Crippen molar-refractivity contribution in [3.63, 3.8) is 0 Å². The van der Waals surface area contributed by atoms with Crippen LogP contribution in [0.15, 0.2) is 73.3 Å². The molecule has 0 radical (unpaired) electrons. The Kier molecular flexibility index (Phi) is 7.45. The van der Waals surface area contributed by atoms with Crippen molar-refractivity contribution in [1.82, 2.24) is 4.90 Å². The number of allylic oxidation sites excluding steroid dienone is 1. The van der Waals surface area contributed by atoms with Crippen LogP contribution in [-0.2, 0) is 13.1 Å². The van der Waals surface area contributed by atoms with Gasteiger partial charge in [0.05, 0.1) is 0 Å². The van der Waals surface area contributed by atoms with E-state index < -0.39 is 6.10 Å². The van der Waals surface area contributed by atoms with E-state index in [1.165, 1.54) is 11.1 Å². The van der Waals surface area contributed by atoms with E-state index in [0.717, 1.165) is 24.1 Å². The summed E-state index contributed by atoms with van der Waals surface area (Å²) < 4.78 is 1.08. The van der Waals surface area contributed by atoms with Crippen molar-refractivity contribution in [1.29, 1.82) is 0 Å². The number of hydrogen-bond donors (Lipinski definition) is 1. The molecular formula is C21H25NOSe. The van der Waals surface area contributed by atoms with E-state index >= 15 is 0 Å². The van der Waals surface area contributed by atoms with Crippen LogP contribution >= 0.6 is 0 Å². The fourth-order valence-electron chi connectivity index (χ4n) is 2.74. The van der Waals surface area contributed by atoms with Gasteiger partial charge in [-0.15, -0.1) is 0 Å². The van der Waals surface area contributed by atoms with Crippen LogP contribution in [-0.4, -0.2) is 36.2 Å². The zero-order valence-electron chi connectivity index (χ0n) is 14.1. The van der Waals surface area contributed by atoms with Crippen LogP contribution in [0.5, 0.6) is 0 Å². The fourth-order valence-corrected chi connectivity index (χ4v) is 3.62. The normalized spacial score (nSPS) is 13.1. The second-order valence-corrected chi connectivity index (χ2v) is 6.91. The first-order chi connectivity index (χ1) is 11.6. The second-order valence-electron chi connectivity index (χ2n) is 6.04. The van der Waals surface area contributed by atoms with Crippen LogP contribution in [0.3, 0.4) is 0 Å². The molecule has 0 unspecified atom stereocenters. The van der Waals surface area contributed by atoms with Gasteiger partial charge in [-0.3, -0.25) is 0 Å². The molecule has 24 heavy (non-hydrogen) atoms. The summed E-state index contributed by atoms with van der Waals surface area (Å²) in [4.78, 5) is 2.31. The van der Waals surface area contributed by atoms with E-state index in [1.807, 2.05) is 25.1 Å². The number of benzene rings is 2. The first-order valence-electron chi connectivity index (χ1n) is 8.27. The van der Waals surface area contributed by atoms with Crippen molar-refractivity contribution in [2.45, 2.75) is 32.5 Å². The van der Waals surface area contributed by atoms with Crippen LogP contribution in [0.2, 0.25) is 0 Å². The molecule has 2 aromatic rings. The molecule has 2 atom stereocenters. The van der Waals surface area contributed by atoms with Crippen molar-refractivity contribution in [3.05, 3.63) is 84.4 Å². The van der Waals surface area contributed by atoms with Crippen LogP contribution in [0.1, 0.15) is 24.5 Å². The Balaban J connectivity index is 2.23. The van der Waals surface area contributed by atoms with Gasteiger partial charge < -0.3 is 0 Å².